The summed E-state index contributed by atoms with van der Waals surface area (Å²) in [7, 11) is 0. The molecule has 0 saturated carbocycles. The van der Waals surface area contributed by atoms with Crippen molar-refractivity contribution in [2.45, 2.75) is 32.2 Å². The smallest absolute Gasteiger partial charge is 0.0965 e. The molecule has 0 spiro atoms. The van der Waals surface area contributed by atoms with Gasteiger partial charge in [0.1, 0.15) is 0 Å². The first-order valence-electron chi connectivity index (χ1n) is 5.98. The van der Waals surface area contributed by atoms with Crippen LogP contribution in [0.3, 0.4) is 0 Å². The Balaban J connectivity index is 1.74. The number of aromatic nitrogens is 1. The summed E-state index contributed by atoms with van der Waals surface area (Å²) in [6, 6.07) is 0.546. The summed E-state index contributed by atoms with van der Waals surface area (Å²) in [5, 5.41) is 6.87. The Labute approximate surface area is 101 Å². The van der Waals surface area contributed by atoms with Crippen LogP contribution in [0.15, 0.2) is 11.6 Å². The molecule has 2 rings (SSSR count). The Morgan fingerprint density at radius 3 is 3.12 bits per heavy atom. The van der Waals surface area contributed by atoms with Gasteiger partial charge in [0.05, 0.1) is 11.6 Å². The van der Waals surface area contributed by atoms with E-state index in [0.717, 1.165) is 19.8 Å². The summed E-state index contributed by atoms with van der Waals surface area (Å²) in [5.41, 5.74) is 0. The largest absolute Gasteiger partial charge is 0.381 e. The summed E-state index contributed by atoms with van der Waals surface area (Å²) < 4.78 is 5.41. The predicted octanol–water partition coefficient (Wildman–Crippen LogP) is 2.26. The first-order chi connectivity index (χ1) is 7.77. The van der Waals surface area contributed by atoms with Crippen molar-refractivity contribution in [3.05, 3.63) is 16.6 Å². The fraction of sp³-hybridized carbons (Fsp3) is 0.750. The molecule has 1 saturated heterocycles. The van der Waals surface area contributed by atoms with E-state index < -0.39 is 0 Å². The number of nitrogens with one attached hydrogen (secondary N) is 1. The fourth-order valence-electron chi connectivity index (χ4n) is 2.04. The van der Waals surface area contributed by atoms with Crippen LogP contribution in [0.1, 0.15) is 31.2 Å². The quantitative estimate of drug-likeness (QED) is 0.857. The van der Waals surface area contributed by atoms with Gasteiger partial charge in [0.2, 0.25) is 0 Å². The van der Waals surface area contributed by atoms with Gasteiger partial charge in [-0.3, -0.25) is 0 Å². The van der Waals surface area contributed by atoms with Crippen LogP contribution >= 0.6 is 11.3 Å². The number of nitrogens with zero attached hydrogens (tertiary/aromatic N) is 1. The van der Waals surface area contributed by atoms with Crippen molar-refractivity contribution in [2.75, 3.05) is 19.8 Å². The summed E-state index contributed by atoms with van der Waals surface area (Å²) in [4.78, 5) is 4.35. The van der Waals surface area contributed by atoms with Crippen molar-refractivity contribution in [3.8, 4) is 0 Å². The monoisotopic (exact) mass is 240 g/mol. The Hall–Kier alpha value is -0.450. The first kappa shape index (κ1) is 12.0. The van der Waals surface area contributed by atoms with Crippen molar-refractivity contribution >= 4 is 11.3 Å². The standard InChI is InChI=1S/C12H20N2OS/c1-9(12-13-4-6-16-12)7-14-10(2)11-3-5-15-8-11/h4,6,9-11,14H,3,5,7-8H2,1-2H3. The van der Waals surface area contributed by atoms with Gasteiger partial charge in [-0.15, -0.1) is 11.3 Å². The SMILES string of the molecule is CC(CNC(C)C1CCOC1)c1nccs1. The lowest BCUT2D eigenvalue weighted by Gasteiger charge is -2.21. The number of hydrogen-bond donors (Lipinski definition) is 1. The third kappa shape index (κ3) is 3.03. The van der Waals surface area contributed by atoms with E-state index in [1.807, 2.05) is 11.6 Å². The number of ether oxygens (including phenoxy) is 1. The molecule has 0 radical (unpaired) electrons. The molecule has 0 amide bonds. The van der Waals surface area contributed by atoms with Crippen LogP contribution < -0.4 is 5.32 Å². The molecule has 16 heavy (non-hydrogen) atoms. The maximum absolute atomic E-state index is 5.41. The molecule has 3 unspecified atom stereocenters. The average Bonchev–Trinajstić information content (AvgIpc) is 2.95. The van der Waals surface area contributed by atoms with Crippen molar-refractivity contribution in [2.24, 2.45) is 5.92 Å². The number of hydrogen-bond acceptors (Lipinski definition) is 4. The molecule has 0 aromatic carbocycles. The van der Waals surface area contributed by atoms with E-state index in [2.05, 4.69) is 24.1 Å². The third-order valence-corrected chi connectivity index (χ3v) is 4.30. The van der Waals surface area contributed by atoms with Crippen molar-refractivity contribution in [1.29, 1.82) is 0 Å². The van der Waals surface area contributed by atoms with E-state index >= 15 is 0 Å². The zero-order valence-electron chi connectivity index (χ0n) is 9.98. The Bertz CT molecular complexity index is 296. The molecule has 1 aromatic heterocycles. The van der Waals surface area contributed by atoms with Crippen molar-refractivity contribution in [3.63, 3.8) is 0 Å². The molecule has 1 aliphatic heterocycles. The van der Waals surface area contributed by atoms with Crippen LogP contribution in [0, 0.1) is 5.92 Å². The molecule has 2 heterocycles. The van der Waals surface area contributed by atoms with E-state index in [1.54, 1.807) is 11.3 Å². The van der Waals surface area contributed by atoms with Gasteiger partial charge in [0.15, 0.2) is 0 Å². The minimum Gasteiger partial charge on any atom is -0.381 e. The summed E-state index contributed by atoms with van der Waals surface area (Å²) >= 11 is 1.74. The van der Waals surface area contributed by atoms with Crippen molar-refractivity contribution < 1.29 is 4.74 Å². The second kappa shape index (κ2) is 5.75. The highest BCUT2D eigenvalue weighted by molar-refractivity contribution is 7.09. The number of rotatable bonds is 5. The van der Waals surface area contributed by atoms with Gasteiger partial charge in [-0.1, -0.05) is 6.92 Å². The number of thiazole rings is 1. The molecule has 1 aromatic rings. The molecule has 3 atom stereocenters. The highest BCUT2D eigenvalue weighted by atomic mass is 32.1. The van der Waals surface area contributed by atoms with E-state index in [9.17, 15) is 0 Å². The van der Waals surface area contributed by atoms with Gasteiger partial charge < -0.3 is 10.1 Å². The topological polar surface area (TPSA) is 34.1 Å². The maximum atomic E-state index is 5.41. The molecule has 1 N–H and O–H groups in total. The Morgan fingerprint density at radius 1 is 1.62 bits per heavy atom. The Kier molecular flexibility index (Phi) is 4.32. The molecule has 1 fully saturated rings. The molecular weight excluding hydrogens is 220 g/mol. The average molecular weight is 240 g/mol. The van der Waals surface area contributed by atoms with Crippen LogP contribution in [-0.2, 0) is 4.74 Å². The van der Waals surface area contributed by atoms with E-state index in [0.29, 0.717) is 17.9 Å². The molecule has 4 heteroatoms. The normalized spacial score (nSPS) is 24.5. The van der Waals surface area contributed by atoms with Gasteiger partial charge in [-0.05, 0) is 19.3 Å². The van der Waals surface area contributed by atoms with E-state index in [4.69, 9.17) is 4.74 Å². The predicted molar refractivity (Wildman–Crippen MR) is 66.9 cm³/mol. The zero-order chi connectivity index (χ0) is 11.4. The van der Waals surface area contributed by atoms with Gasteiger partial charge in [-0.2, -0.15) is 0 Å². The zero-order valence-corrected chi connectivity index (χ0v) is 10.8. The molecular formula is C12H20N2OS. The maximum Gasteiger partial charge on any atom is 0.0965 e. The molecule has 90 valence electrons. The first-order valence-corrected chi connectivity index (χ1v) is 6.86. The molecule has 1 aliphatic rings. The second-order valence-electron chi connectivity index (χ2n) is 4.59. The van der Waals surface area contributed by atoms with Crippen LogP contribution in [-0.4, -0.2) is 30.8 Å². The molecule has 0 aliphatic carbocycles. The van der Waals surface area contributed by atoms with Gasteiger partial charge in [0, 0.05) is 36.7 Å². The lowest BCUT2D eigenvalue weighted by atomic mass is 10.0. The fourth-order valence-corrected chi connectivity index (χ4v) is 2.74. The summed E-state index contributed by atoms with van der Waals surface area (Å²) in [6.07, 6.45) is 3.07. The summed E-state index contributed by atoms with van der Waals surface area (Å²) in [6.45, 7) is 7.33. The van der Waals surface area contributed by atoms with Crippen LogP contribution in [0.4, 0.5) is 0 Å². The highest BCUT2D eigenvalue weighted by Crippen LogP contribution is 2.19. The minimum atomic E-state index is 0.504. The van der Waals surface area contributed by atoms with Gasteiger partial charge in [-0.25, -0.2) is 4.98 Å². The third-order valence-electron chi connectivity index (χ3n) is 3.29. The minimum absolute atomic E-state index is 0.504. The lowest BCUT2D eigenvalue weighted by molar-refractivity contribution is 0.178. The lowest BCUT2D eigenvalue weighted by Crippen LogP contribution is -2.36. The summed E-state index contributed by atoms with van der Waals surface area (Å²) in [5.74, 6) is 1.19. The van der Waals surface area contributed by atoms with E-state index in [1.165, 1.54) is 11.4 Å². The van der Waals surface area contributed by atoms with Crippen LogP contribution in [0.25, 0.3) is 0 Å². The van der Waals surface area contributed by atoms with Gasteiger partial charge in [0.25, 0.3) is 0 Å². The second-order valence-corrected chi connectivity index (χ2v) is 5.52. The van der Waals surface area contributed by atoms with E-state index in [-0.39, 0.29) is 0 Å². The molecule has 0 bridgehead atoms. The van der Waals surface area contributed by atoms with Crippen molar-refractivity contribution in [1.82, 2.24) is 10.3 Å². The Morgan fingerprint density at radius 2 is 2.50 bits per heavy atom. The van der Waals surface area contributed by atoms with Crippen LogP contribution in [0.5, 0.6) is 0 Å². The highest BCUT2D eigenvalue weighted by Gasteiger charge is 2.22. The van der Waals surface area contributed by atoms with Crippen LogP contribution in [0.2, 0.25) is 0 Å². The van der Waals surface area contributed by atoms with Gasteiger partial charge >= 0.3 is 0 Å². The molecule has 3 nitrogen and oxygen atoms in total.